The Hall–Kier alpha value is -4.86. The van der Waals surface area contributed by atoms with Crippen molar-refractivity contribution < 1.29 is 32.3 Å². The van der Waals surface area contributed by atoms with E-state index in [0.717, 1.165) is 24.8 Å². The molecule has 2 aromatic carbocycles. The number of fused-ring (bicyclic) bond motifs is 3. The molecule has 1 amide bonds. The molecule has 1 N–H and O–H groups in total. The van der Waals surface area contributed by atoms with E-state index < -0.39 is 41.2 Å². The van der Waals surface area contributed by atoms with Gasteiger partial charge >= 0.3 is 6.01 Å². The molecule has 0 aliphatic carbocycles. The van der Waals surface area contributed by atoms with Gasteiger partial charge in [0.15, 0.2) is 5.82 Å². The molecule has 282 valence electrons. The SMILES string of the molecule is CN(c1nc(OC[C@@]23CCCN2C[C@H](F)C3)nc2c(F)c(-c3cccc4cccc(Cl)c34)ncc12)[C@H]1CN(C(=O)/C=C/c2nc(C(C)(C)O)no2)C[C@@H]1F. The second-order valence-corrected chi connectivity index (χ2v) is 15.2. The molecule has 0 saturated carbocycles. The summed E-state index contributed by atoms with van der Waals surface area (Å²) in [6.45, 7) is 3.94. The van der Waals surface area contributed by atoms with Gasteiger partial charge < -0.3 is 24.2 Å². The second kappa shape index (κ2) is 13.8. The minimum Gasteiger partial charge on any atom is -0.461 e. The minimum atomic E-state index is -1.51. The molecule has 0 radical (unpaired) electrons. The van der Waals surface area contributed by atoms with E-state index in [-0.39, 0.29) is 59.8 Å². The van der Waals surface area contributed by atoms with Crippen LogP contribution in [0.15, 0.2) is 53.2 Å². The zero-order valence-corrected chi connectivity index (χ0v) is 30.6. The van der Waals surface area contributed by atoms with Crippen molar-refractivity contribution >= 4 is 51.1 Å². The molecule has 0 bridgehead atoms. The fraction of sp³-hybridized carbons (Fsp3) is 0.421. The van der Waals surface area contributed by atoms with E-state index in [1.165, 1.54) is 37.1 Å². The number of aliphatic hydroxyl groups is 1. The lowest BCUT2D eigenvalue weighted by molar-refractivity contribution is -0.125. The van der Waals surface area contributed by atoms with Gasteiger partial charge in [-0.2, -0.15) is 15.0 Å². The maximum Gasteiger partial charge on any atom is 0.319 e. The third kappa shape index (κ3) is 6.51. The van der Waals surface area contributed by atoms with Gasteiger partial charge in [0.1, 0.15) is 41.6 Å². The molecule has 3 aliphatic rings. The first-order valence-corrected chi connectivity index (χ1v) is 18.2. The summed E-state index contributed by atoms with van der Waals surface area (Å²) in [4.78, 5) is 35.9. The average Bonchev–Trinajstić information content (AvgIpc) is 3.93. The van der Waals surface area contributed by atoms with Crippen molar-refractivity contribution in [1.29, 1.82) is 0 Å². The van der Waals surface area contributed by atoms with Gasteiger partial charge in [-0.25, -0.2) is 13.2 Å². The number of likely N-dealkylation sites (tertiary alicyclic amines) is 1. The summed E-state index contributed by atoms with van der Waals surface area (Å²) < 4.78 is 58.6. The van der Waals surface area contributed by atoms with E-state index in [1.54, 1.807) is 30.1 Å². The first-order chi connectivity index (χ1) is 25.8. The van der Waals surface area contributed by atoms with Crippen molar-refractivity contribution in [3.63, 3.8) is 0 Å². The Kier molecular flexibility index (Phi) is 9.21. The smallest absolute Gasteiger partial charge is 0.319 e. The standard InChI is InChI=1S/C38H38ClF3N8O4/c1-37(2,52)35-44-28(54-47-35)11-12-29(51)49-18-26(41)27(19-49)48(3)34-24-16-43-32(23-9-4-7-21-8-5-10-25(39)30(21)23)31(42)33(24)45-36(46-34)53-20-38-13-6-14-50(38)17-22(40)15-38/h4-5,7-12,16,22,26-27,52H,6,13-15,17-20H2,1-3H3/b12-11+/t22-,26+,27+,38+/m1/s1. The highest BCUT2D eigenvalue weighted by Gasteiger charge is 2.49. The lowest BCUT2D eigenvalue weighted by Gasteiger charge is -2.31. The molecule has 3 fully saturated rings. The van der Waals surface area contributed by atoms with Crippen LogP contribution in [0.5, 0.6) is 6.01 Å². The van der Waals surface area contributed by atoms with Crippen molar-refractivity contribution in [2.75, 3.05) is 44.7 Å². The van der Waals surface area contributed by atoms with Gasteiger partial charge in [-0.3, -0.25) is 14.7 Å². The minimum absolute atomic E-state index is 0.00435. The van der Waals surface area contributed by atoms with Gasteiger partial charge in [-0.1, -0.05) is 47.1 Å². The molecule has 6 heterocycles. The van der Waals surface area contributed by atoms with Crippen LogP contribution in [0.25, 0.3) is 39.0 Å². The molecule has 5 aromatic rings. The fourth-order valence-electron chi connectivity index (χ4n) is 7.93. The van der Waals surface area contributed by atoms with Crippen LogP contribution in [0.2, 0.25) is 5.02 Å². The molecule has 0 unspecified atom stereocenters. The summed E-state index contributed by atoms with van der Waals surface area (Å²) in [6.07, 6.45) is 3.42. The first-order valence-electron chi connectivity index (χ1n) is 17.8. The summed E-state index contributed by atoms with van der Waals surface area (Å²) >= 11 is 6.60. The van der Waals surface area contributed by atoms with Crippen LogP contribution in [0.3, 0.4) is 0 Å². The van der Waals surface area contributed by atoms with E-state index in [1.807, 2.05) is 18.2 Å². The first kappa shape index (κ1) is 36.1. The number of carbonyl (C=O) groups is 1. The van der Waals surface area contributed by atoms with E-state index in [0.29, 0.717) is 28.9 Å². The predicted octanol–water partition coefficient (Wildman–Crippen LogP) is 5.90. The third-order valence-corrected chi connectivity index (χ3v) is 11.0. The Labute approximate surface area is 313 Å². The van der Waals surface area contributed by atoms with Crippen LogP contribution in [0, 0.1) is 5.82 Å². The van der Waals surface area contributed by atoms with Gasteiger partial charge in [0.2, 0.25) is 11.7 Å². The Morgan fingerprint density at radius 1 is 1.17 bits per heavy atom. The molecular formula is C38H38ClF3N8O4. The molecule has 8 rings (SSSR count). The number of rotatable bonds is 9. The van der Waals surface area contributed by atoms with Gasteiger partial charge in [-0.15, -0.1) is 0 Å². The van der Waals surface area contributed by atoms with Crippen molar-refractivity contribution in [3.8, 4) is 17.3 Å². The van der Waals surface area contributed by atoms with Crippen LogP contribution in [-0.2, 0) is 10.4 Å². The largest absolute Gasteiger partial charge is 0.461 e. The number of carbonyl (C=O) groups excluding carboxylic acids is 1. The zero-order valence-electron chi connectivity index (χ0n) is 29.8. The van der Waals surface area contributed by atoms with Gasteiger partial charge in [-0.05, 0) is 44.7 Å². The van der Waals surface area contributed by atoms with Crippen LogP contribution in [0.1, 0.15) is 44.8 Å². The molecule has 4 atom stereocenters. The Morgan fingerprint density at radius 2 is 1.96 bits per heavy atom. The summed E-state index contributed by atoms with van der Waals surface area (Å²) in [7, 11) is 1.61. The number of anilines is 1. The van der Waals surface area contributed by atoms with Crippen LogP contribution < -0.4 is 9.64 Å². The molecule has 0 spiro atoms. The number of benzene rings is 2. The number of ether oxygens (including phenoxy) is 1. The fourth-order valence-corrected chi connectivity index (χ4v) is 8.22. The molecule has 3 saturated heterocycles. The maximum atomic E-state index is 16.9. The number of likely N-dealkylation sites (N-methyl/N-ethyl adjacent to an activating group) is 1. The zero-order chi connectivity index (χ0) is 37.9. The van der Waals surface area contributed by atoms with Crippen LogP contribution in [0.4, 0.5) is 19.0 Å². The van der Waals surface area contributed by atoms with Gasteiger partial charge in [0.05, 0.1) is 23.5 Å². The highest BCUT2D eigenvalue weighted by molar-refractivity contribution is 6.36. The summed E-state index contributed by atoms with van der Waals surface area (Å²) in [6, 6.07) is 9.78. The molecule has 3 aliphatic heterocycles. The molecule has 12 nitrogen and oxygen atoms in total. The molecule has 3 aromatic heterocycles. The number of alkyl halides is 2. The van der Waals surface area contributed by atoms with Crippen molar-refractivity contribution in [2.45, 2.75) is 62.6 Å². The van der Waals surface area contributed by atoms with Crippen molar-refractivity contribution in [3.05, 3.63) is 71.2 Å². The Morgan fingerprint density at radius 3 is 2.74 bits per heavy atom. The number of nitrogens with zero attached hydrogens (tertiary/aromatic N) is 8. The van der Waals surface area contributed by atoms with Crippen LogP contribution >= 0.6 is 11.6 Å². The number of hydrogen-bond acceptors (Lipinski definition) is 11. The Bertz CT molecular complexity index is 2280. The highest BCUT2D eigenvalue weighted by atomic mass is 35.5. The number of aromatic nitrogens is 5. The summed E-state index contributed by atoms with van der Waals surface area (Å²) in [5.74, 6) is -1.03. The lowest BCUT2D eigenvalue weighted by Crippen LogP contribution is -2.43. The molecule has 54 heavy (non-hydrogen) atoms. The van der Waals surface area contributed by atoms with E-state index in [9.17, 15) is 14.3 Å². The van der Waals surface area contributed by atoms with Crippen molar-refractivity contribution in [2.24, 2.45) is 0 Å². The normalized spacial score (nSPS) is 23.3. The Balaban J connectivity index is 1.13. The predicted molar refractivity (Wildman–Crippen MR) is 196 cm³/mol. The van der Waals surface area contributed by atoms with Crippen molar-refractivity contribution in [1.82, 2.24) is 34.9 Å². The topological polar surface area (TPSA) is 134 Å². The van der Waals surface area contributed by atoms with Crippen LogP contribution in [-0.4, -0.2) is 110 Å². The maximum absolute atomic E-state index is 16.9. The van der Waals surface area contributed by atoms with Gasteiger partial charge in [0.25, 0.3) is 5.89 Å². The number of pyridine rings is 1. The average molecular weight is 763 g/mol. The number of amides is 1. The van der Waals surface area contributed by atoms with E-state index in [2.05, 4.69) is 30.0 Å². The summed E-state index contributed by atoms with van der Waals surface area (Å²) in [5.41, 5.74) is -1.47. The highest BCUT2D eigenvalue weighted by Crippen LogP contribution is 2.41. The monoisotopic (exact) mass is 762 g/mol. The molecular weight excluding hydrogens is 725 g/mol. The summed E-state index contributed by atoms with van der Waals surface area (Å²) in [5, 5.41) is 15.9. The third-order valence-electron chi connectivity index (χ3n) is 10.7. The van der Waals surface area contributed by atoms with E-state index >= 15 is 8.78 Å². The number of halogens is 4. The molecule has 16 heteroatoms. The number of hydrogen-bond donors (Lipinski definition) is 1. The van der Waals surface area contributed by atoms with Gasteiger partial charge in [0, 0.05) is 60.9 Å². The second-order valence-electron chi connectivity index (χ2n) is 14.8. The quantitative estimate of drug-likeness (QED) is 0.180. The lowest BCUT2D eigenvalue weighted by atomic mass is 9.95. The van der Waals surface area contributed by atoms with E-state index in [4.69, 9.17) is 20.9 Å².